The highest BCUT2D eigenvalue weighted by Crippen LogP contribution is 2.04. The molecule has 0 heterocycles. The number of hydrogen-bond donors (Lipinski definition) is 1. The molecule has 0 spiro atoms. The van der Waals surface area contributed by atoms with Gasteiger partial charge in [0.25, 0.3) is 0 Å². The molecule has 23 heavy (non-hydrogen) atoms. The number of nitrogens with two attached hydrogens (primary N) is 1. The van der Waals surface area contributed by atoms with Crippen molar-refractivity contribution in [3.63, 3.8) is 0 Å². The minimum absolute atomic E-state index is 0.217. The molecule has 0 aliphatic rings. The van der Waals surface area contributed by atoms with Gasteiger partial charge in [-0.05, 0) is 44.4 Å². The first-order chi connectivity index (χ1) is 11.2. The van der Waals surface area contributed by atoms with Crippen LogP contribution in [0.5, 0.6) is 0 Å². The number of hydrogen-bond acceptors (Lipinski definition) is 1. The first-order valence-electron chi connectivity index (χ1n) is 8.73. The minimum Gasteiger partial charge on any atom is -0.370 e. The van der Waals surface area contributed by atoms with Gasteiger partial charge in [-0.3, -0.25) is 4.79 Å². The lowest BCUT2D eigenvalue weighted by Gasteiger charge is -1.97. The molecule has 1 amide bonds. The molecule has 0 aliphatic carbocycles. The van der Waals surface area contributed by atoms with Gasteiger partial charge in [0.15, 0.2) is 0 Å². The van der Waals surface area contributed by atoms with Crippen LogP contribution in [0.25, 0.3) is 0 Å². The third-order valence-corrected chi connectivity index (χ3v) is 3.23. The zero-order chi connectivity index (χ0) is 17.2. The summed E-state index contributed by atoms with van der Waals surface area (Å²) in [5, 5.41) is 0. The van der Waals surface area contributed by atoms with Crippen molar-refractivity contribution >= 4 is 5.91 Å². The fourth-order valence-corrected chi connectivity index (χ4v) is 1.95. The summed E-state index contributed by atoms with van der Waals surface area (Å²) in [6.45, 7) is 4.31. The summed E-state index contributed by atoms with van der Waals surface area (Å²) in [7, 11) is 0. The molecule has 0 aromatic carbocycles. The molecule has 2 heteroatoms. The van der Waals surface area contributed by atoms with Crippen LogP contribution < -0.4 is 5.73 Å². The Labute approximate surface area is 142 Å². The van der Waals surface area contributed by atoms with Crippen LogP contribution in [-0.4, -0.2) is 5.91 Å². The van der Waals surface area contributed by atoms with Gasteiger partial charge in [0.1, 0.15) is 0 Å². The molecule has 0 bridgehead atoms. The van der Waals surface area contributed by atoms with Crippen LogP contribution >= 0.6 is 0 Å². The SMILES string of the molecule is CC/C=C\C/C=C\C/C=C\C/C=C\C(C)/C=C\CCCC(N)=O. The van der Waals surface area contributed by atoms with E-state index in [2.05, 4.69) is 74.6 Å². The van der Waals surface area contributed by atoms with Crippen LogP contribution in [0.15, 0.2) is 60.8 Å². The van der Waals surface area contributed by atoms with Crippen LogP contribution in [0, 0.1) is 5.92 Å². The standard InChI is InChI=1S/C21H33NO/c1-3-4-5-6-7-8-9-10-11-12-14-17-20(2)18-15-13-16-19-21(22)23/h4-5,7-8,10-11,14-15,17-18,20H,3,6,9,12-13,16,19H2,1-2H3,(H2,22,23)/b5-4-,8-7-,11-10-,17-14-,18-15-. The van der Waals surface area contributed by atoms with Gasteiger partial charge in [0.2, 0.25) is 5.91 Å². The Morgan fingerprint density at radius 2 is 1.39 bits per heavy atom. The summed E-state index contributed by atoms with van der Waals surface area (Å²) in [5.41, 5.74) is 5.10. The molecule has 0 aromatic heterocycles. The van der Waals surface area contributed by atoms with Gasteiger partial charge in [0.05, 0.1) is 0 Å². The molecule has 1 atom stereocenters. The predicted molar refractivity (Wildman–Crippen MR) is 102 cm³/mol. The number of amides is 1. The van der Waals surface area contributed by atoms with Crippen molar-refractivity contribution < 1.29 is 4.79 Å². The van der Waals surface area contributed by atoms with Crippen molar-refractivity contribution in [3.05, 3.63) is 60.8 Å². The van der Waals surface area contributed by atoms with Crippen LogP contribution in [0.3, 0.4) is 0 Å². The van der Waals surface area contributed by atoms with Crippen molar-refractivity contribution in [2.75, 3.05) is 0 Å². The summed E-state index contributed by atoms with van der Waals surface area (Å²) < 4.78 is 0. The second-order valence-electron chi connectivity index (χ2n) is 5.60. The number of unbranched alkanes of at least 4 members (excludes halogenated alkanes) is 1. The number of carbonyl (C=O) groups is 1. The van der Waals surface area contributed by atoms with E-state index in [-0.39, 0.29) is 5.91 Å². The minimum atomic E-state index is -0.217. The van der Waals surface area contributed by atoms with Crippen LogP contribution in [0.1, 0.15) is 58.8 Å². The Morgan fingerprint density at radius 1 is 0.870 bits per heavy atom. The summed E-state index contributed by atoms with van der Waals surface area (Å²) in [5.74, 6) is 0.215. The van der Waals surface area contributed by atoms with E-state index in [1.807, 2.05) is 0 Å². The number of allylic oxidation sites excluding steroid dienone is 10. The quantitative estimate of drug-likeness (QED) is 0.347. The largest absolute Gasteiger partial charge is 0.370 e. The number of primary amides is 1. The van der Waals surface area contributed by atoms with Gasteiger partial charge in [-0.2, -0.15) is 0 Å². The summed E-state index contributed by atoms with van der Waals surface area (Å²) in [6.07, 6.45) is 28.3. The molecule has 0 saturated carbocycles. The fourth-order valence-electron chi connectivity index (χ4n) is 1.95. The van der Waals surface area contributed by atoms with E-state index in [9.17, 15) is 4.79 Å². The molecule has 128 valence electrons. The Hall–Kier alpha value is -1.83. The van der Waals surface area contributed by atoms with E-state index in [1.165, 1.54) is 0 Å². The van der Waals surface area contributed by atoms with Gasteiger partial charge >= 0.3 is 0 Å². The Morgan fingerprint density at radius 3 is 1.96 bits per heavy atom. The average Bonchev–Trinajstić information content (AvgIpc) is 2.52. The van der Waals surface area contributed by atoms with Gasteiger partial charge in [-0.25, -0.2) is 0 Å². The van der Waals surface area contributed by atoms with Crippen molar-refractivity contribution in [1.82, 2.24) is 0 Å². The first-order valence-corrected chi connectivity index (χ1v) is 8.73. The molecule has 0 saturated heterocycles. The maximum atomic E-state index is 10.6. The second kappa shape index (κ2) is 16.5. The predicted octanol–water partition coefficient (Wildman–Crippen LogP) is 5.64. The van der Waals surface area contributed by atoms with Crippen molar-refractivity contribution in [2.45, 2.75) is 58.8 Å². The third-order valence-electron chi connectivity index (χ3n) is 3.23. The zero-order valence-electron chi connectivity index (χ0n) is 14.8. The summed E-state index contributed by atoms with van der Waals surface area (Å²) >= 11 is 0. The average molecular weight is 316 g/mol. The summed E-state index contributed by atoms with van der Waals surface area (Å²) in [6, 6.07) is 0. The molecule has 0 radical (unpaired) electrons. The zero-order valence-corrected chi connectivity index (χ0v) is 14.8. The first kappa shape index (κ1) is 21.2. The van der Waals surface area contributed by atoms with E-state index in [1.54, 1.807) is 0 Å². The third kappa shape index (κ3) is 18.1. The fraction of sp³-hybridized carbons (Fsp3) is 0.476. The Kier molecular flexibility index (Phi) is 15.2. The van der Waals surface area contributed by atoms with E-state index >= 15 is 0 Å². The molecule has 0 aliphatic heterocycles. The maximum Gasteiger partial charge on any atom is 0.217 e. The molecular formula is C21H33NO. The lowest BCUT2D eigenvalue weighted by molar-refractivity contribution is -0.118. The van der Waals surface area contributed by atoms with Gasteiger partial charge in [0, 0.05) is 6.42 Å². The lowest BCUT2D eigenvalue weighted by atomic mass is 10.1. The highest BCUT2D eigenvalue weighted by Gasteiger charge is 1.92. The highest BCUT2D eigenvalue weighted by molar-refractivity contribution is 5.73. The Bertz CT molecular complexity index is 427. The molecule has 2 nitrogen and oxygen atoms in total. The van der Waals surface area contributed by atoms with Gasteiger partial charge in [-0.15, -0.1) is 0 Å². The van der Waals surface area contributed by atoms with E-state index in [0.717, 1.165) is 38.5 Å². The normalized spacial score (nSPS) is 14.2. The van der Waals surface area contributed by atoms with Crippen molar-refractivity contribution in [1.29, 1.82) is 0 Å². The molecule has 1 unspecified atom stereocenters. The van der Waals surface area contributed by atoms with Gasteiger partial charge in [-0.1, -0.05) is 74.6 Å². The maximum absolute atomic E-state index is 10.6. The molecule has 0 fully saturated rings. The van der Waals surface area contributed by atoms with E-state index in [0.29, 0.717) is 12.3 Å². The van der Waals surface area contributed by atoms with Crippen molar-refractivity contribution in [3.8, 4) is 0 Å². The molecule has 2 N–H and O–H groups in total. The monoisotopic (exact) mass is 315 g/mol. The van der Waals surface area contributed by atoms with E-state index in [4.69, 9.17) is 5.73 Å². The summed E-state index contributed by atoms with van der Waals surface area (Å²) in [4.78, 5) is 10.6. The smallest absolute Gasteiger partial charge is 0.217 e. The molecular weight excluding hydrogens is 282 g/mol. The second-order valence-corrected chi connectivity index (χ2v) is 5.60. The van der Waals surface area contributed by atoms with Crippen LogP contribution in [-0.2, 0) is 4.79 Å². The highest BCUT2D eigenvalue weighted by atomic mass is 16.1. The molecule has 0 aromatic rings. The van der Waals surface area contributed by atoms with Crippen LogP contribution in [0.2, 0.25) is 0 Å². The topological polar surface area (TPSA) is 43.1 Å². The Balaban J connectivity index is 3.67. The van der Waals surface area contributed by atoms with Crippen molar-refractivity contribution in [2.24, 2.45) is 11.7 Å². The van der Waals surface area contributed by atoms with Crippen LogP contribution in [0.4, 0.5) is 0 Å². The number of carbonyl (C=O) groups excluding carboxylic acids is 1. The molecule has 0 rings (SSSR count). The van der Waals surface area contributed by atoms with Gasteiger partial charge < -0.3 is 5.73 Å². The number of rotatable bonds is 13. The van der Waals surface area contributed by atoms with E-state index < -0.39 is 0 Å². The lowest BCUT2D eigenvalue weighted by Crippen LogP contribution is -2.09.